The Labute approximate surface area is 141 Å². The highest BCUT2D eigenvalue weighted by Gasteiger charge is 2.09. The van der Waals surface area contributed by atoms with Crippen LogP contribution in [0, 0.1) is 0 Å². The van der Waals surface area contributed by atoms with E-state index in [-0.39, 0.29) is 0 Å². The molecule has 0 amide bonds. The second-order valence-electron chi connectivity index (χ2n) is 4.88. The van der Waals surface area contributed by atoms with Crippen LogP contribution < -0.4 is 10.6 Å². The lowest BCUT2D eigenvalue weighted by atomic mass is 10.2. The zero-order chi connectivity index (χ0) is 15.2. The normalized spacial score (nSPS) is 11.2. The number of rotatable bonds is 4. The maximum atomic E-state index is 3.61. The van der Waals surface area contributed by atoms with Crippen molar-refractivity contribution in [3.8, 4) is 0 Å². The second-order valence-corrected chi connectivity index (χ2v) is 7.80. The third kappa shape index (κ3) is 3.74. The molecule has 0 nitrogen and oxygen atoms in total. The molecule has 22 heavy (non-hydrogen) atoms. The standard InChI is InChI=1S/C20H16BrP/c21-20-14-8-7-9-17(20)15-16-22(18-10-3-1-4-11-18)19-12-5-2-6-13-19/h1-16H. The van der Waals surface area contributed by atoms with Crippen LogP contribution in [0.1, 0.15) is 5.56 Å². The summed E-state index contributed by atoms with van der Waals surface area (Å²) in [5.74, 6) is 2.33. The van der Waals surface area contributed by atoms with Gasteiger partial charge in [0.25, 0.3) is 0 Å². The molecular weight excluding hydrogens is 351 g/mol. The monoisotopic (exact) mass is 366 g/mol. The molecule has 0 saturated carbocycles. The number of hydrogen-bond donors (Lipinski definition) is 0. The van der Waals surface area contributed by atoms with Gasteiger partial charge in [0.05, 0.1) is 0 Å². The fraction of sp³-hybridized carbons (Fsp3) is 0. The van der Waals surface area contributed by atoms with E-state index < -0.39 is 7.92 Å². The molecule has 0 bridgehead atoms. The number of benzene rings is 3. The lowest BCUT2D eigenvalue weighted by Crippen LogP contribution is -2.09. The molecule has 0 heterocycles. The first-order valence-corrected chi connectivity index (χ1v) is 9.37. The van der Waals surface area contributed by atoms with Gasteiger partial charge in [0.15, 0.2) is 0 Å². The van der Waals surface area contributed by atoms with Crippen LogP contribution >= 0.6 is 23.9 Å². The van der Waals surface area contributed by atoms with E-state index in [0.29, 0.717) is 0 Å². The fourth-order valence-electron chi connectivity index (χ4n) is 2.26. The minimum Gasteiger partial charge on any atom is -0.0622 e. The van der Waals surface area contributed by atoms with Crippen molar-refractivity contribution in [1.29, 1.82) is 0 Å². The molecule has 3 aromatic carbocycles. The van der Waals surface area contributed by atoms with E-state index in [4.69, 9.17) is 0 Å². The van der Waals surface area contributed by atoms with Gasteiger partial charge in [-0.1, -0.05) is 107 Å². The highest BCUT2D eigenvalue weighted by molar-refractivity contribution is 9.10. The van der Waals surface area contributed by atoms with Crippen LogP contribution in [-0.4, -0.2) is 0 Å². The van der Waals surface area contributed by atoms with Crippen LogP contribution in [-0.2, 0) is 0 Å². The molecule has 0 spiro atoms. The van der Waals surface area contributed by atoms with Crippen molar-refractivity contribution in [2.24, 2.45) is 0 Å². The zero-order valence-electron chi connectivity index (χ0n) is 12.1. The minimum atomic E-state index is -0.488. The van der Waals surface area contributed by atoms with E-state index in [2.05, 4.69) is 107 Å². The average molecular weight is 367 g/mol. The van der Waals surface area contributed by atoms with Crippen molar-refractivity contribution in [3.05, 3.63) is 101 Å². The van der Waals surface area contributed by atoms with Crippen molar-refractivity contribution < 1.29 is 0 Å². The Bertz CT molecular complexity index is 711. The molecule has 0 fully saturated rings. The SMILES string of the molecule is Brc1ccccc1C=CP(c1ccccc1)c1ccccc1. The molecule has 3 rings (SSSR count). The largest absolute Gasteiger partial charge is 0.0622 e. The molecule has 0 aromatic heterocycles. The van der Waals surface area contributed by atoms with Crippen LogP contribution in [0.5, 0.6) is 0 Å². The Morgan fingerprint density at radius 1 is 0.636 bits per heavy atom. The van der Waals surface area contributed by atoms with Crippen LogP contribution in [0.15, 0.2) is 95.2 Å². The summed E-state index contributed by atoms with van der Waals surface area (Å²) < 4.78 is 1.13. The van der Waals surface area contributed by atoms with Gasteiger partial charge < -0.3 is 0 Å². The van der Waals surface area contributed by atoms with Gasteiger partial charge >= 0.3 is 0 Å². The van der Waals surface area contributed by atoms with Gasteiger partial charge in [-0.15, -0.1) is 0 Å². The van der Waals surface area contributed by atoms with Gasteiger partial charge in [-0.3, -0.25) is 0 Å². The van der Waals surface area contributed by atoms with Crippen molar-refractivity contribution in [2.45, 2.75) is 0 Å². The fourth-order valence-corrected chi connectivity index (χ4v) is 4.62. The first-order chi connectivity index (χ1) is 10.8. The van der Waals surface area contributed by atoms with Gasteiger partial charge in [0, 0.05) is 4.47 Å². The summed E-state index contributed by atoms with van der Waals surface area (Å²) in [7, 11) is -0.488. The third-order valence-electron chi connectivity index (χ3n) is 3.38. The molecule has 0 saturated heterocycles. The molecule has 0 aliphatic rings. The van der Waals surface area contributed by atoms with E-state index in [1.165, 1.54) is 16.2 Å². The molecule has 0 atom stereocenters. The van der Waals surface area contributed by atoms with Crippen molar-refractivity contribution >= 4 is 40.5 Å². The van der Waals surface area contributed by atoms with E-state index in [0.717, 1.165) is 4.47 Å². The second kappa shape index (κ2) is 7.54. The zero-order valence-corrected chi connectivity index (χ0v) is 14.5. The van der Waals surface area contributed by atoms with Crippen molar-refractivity contribution in [2.75, 3.05) is 0 Å². The molecule has 0 radical (unpaired) electrons. The maximum Gasteiger partial charge on any atom is 0.0247 e. The first kappa shape index (κ1) is 15.2. The summed E-state index contributed by atoms with van der Waals surface area (Å²) in [5.41, 5.74) is 1.21. The van der Waals surface area contributed by atoms with Gasteiger partial charge in [-0.25, -0.2) is 0 Å². The average Bonchev–Trinajstić information content (AvgIpc) is 2.59. The Morgan fingerprint density at radius 3 is 1.68 bits per heavy atom. The molecule has 0 unspecified atom stereocenters. The molecular formula is C20H16BrP. The lowest BCUT2D eigenvalue weighted by molar-refractivity contribution is 1.60. The Kier molecular flexibility index (Phi) is 5.21. The first-order valence-electron chi connectivity index (χ1n) is 7.17. The summed E-state index contributed by atoms with van der Waals surface area (Å²) in [6, 6.07) is 29.7. The quantitative estimate of drug-likeness (QED) is 0.530. The van der Waals surface area contributed by atoms with Gasteiger partial charge in [-0.2, -0.15) is 0 Å². The predicted molar refractivity (Wildman–Crippen MR) is 102 cm³/mol. The van der Waals surface area contributed by atoms with Crippen LogP contribution in [0.2, 0.25) is 0 Å². The van der Waals surface area contributed by atoms with Crippen LogP contribution in [0.4, 0.5) is 0 Å². The molecule has 0 aliphatic carbocycles. The number of halogens is 1. The highest BCUT2D eigenvalue weighted by Crippen LogP contribution is 2.36. The number of hydrogen-bond acceptors (Lipinski definition) is 0. The van der Waals surface area contributed by atoms with Crippen molar-refractivity contribution in [3.63, 3.8) is 0 Å². The Morgan fingerprint density at radius 2 is 1.14 bits per heavy atom. The Hall–Kier alpha value is -1.69. The van der Waals surface area contributed by atoms with Gasteiger partial charge in [0.1, 0.15) is 0 Å². The summed E-state index contributed by atoms with van der Waals surface area (Å²) in [6.07, 6.45) is 2.22. The summed E-state index contributed by atoms with van der Waals surface area (Å²) in [6.45, 7) is 0. The molecule has 2 heteroatoms. The lowest BCUT2D eigenvalue weighted by Gasteiger charge is -2.14. The maximum absolute atomic E-state index is 3.61. The van der Waals surface area contributed by atoms with Gasteiger partial charge in [-0.05, 0) is 30.2 Å². The summed E-state index contributed by atoms with van der Waals surface area (Å²) in [4.78, 5) is 0. The van der Waals surface area contributed by atoms with Crippen LogP contribution in [0.3, 0.4) is 0 Å². The van der Waals surface area contributed by atoms with E-state index >= 15 is 0 Å². The van der Waals surface area contributed by atoms with Gasteiger partial charge in [0.2, 0.25) is 0 Å². The summed E-state index contributed by atoms with van der Waals surface area (Å²) in [5, 5.41) is 2.74. The molecule has 0 N–H and O–H groups in total. The van der Waals surface area contributed by atoms with Crippen LogP contribution in [0.25, 0.3) is 6.08 Å². The minimum absolute atomic E-state index is 0.488. The molecule has 0 aliphatic heterocycles. The topological polar surface area (TPSA) is 0 Å². The van der Waals surface area contributed by atoms with Crippen molar-refractivity contribution in [1.82, 2.24) is 0 Å². The predicted octanol–water partition coefficient (Wildman–Crippen LogP) is 5.55. The molecule has 108 valence electrons. The van der Waals surface area contributed by atoms with E-state index in [9.17, 15) is 0 Å². The third-order valence-corrected chi connectivity index (χ3v) is 6.26. The summed E-state index contributed by atoms with van der Waals surface area (Å²) >= 11 is 3.61. The smallest absolute Gasteiger partial charge is 0.0247 e. The van der Waals surface area contributed by atoms with E-state index in [1.54, 1.807) is 0 Å². The highest BCUT2D eigenvalue weighted by atomic mass is 79.9. The van der Waals surface area contributed by atoms with E-state index in [1.807, 2.05) is 6.07 Å². The Balaban J connectivity index is 1.98. The molecule has 3 aromatic rings.